The van der Waals surface area contributed by atoms with E-state index in [0.29, 0.717) is 32.9 Å². The Labute approximate surface area is 154 Å². The van der Waals surface area contributed by atoms with Gasteiger partial charge in [0.1, 0.15) is 5.82 Å². The minimum Gasteiger partial charge on any atom is -0.465 e. The van der Waals surface area contributed by atoms with Crippen molar-refractivity contribution in [1.82, 2.24) is 9.55 Å². The summed E-state index contributed by atoms with van der Waals surface area (Å²) in [7, 11) is 1.29. The first-order valence-corrected chi connectivity index (χ1v) is 8.31. The summed E-state index contributed by atoms with van der Waals surface area (Å²) >= 11 is 5.86. The molecular weight excluding hydrogens is 356 g/mol. The molecule has 1 N–H and O–H groups in total. The molecule has 6 nitrogen and oxygen atoms in total. The normalized spacial score (nSPS) is 12.2. The molecule has 0 saturated carbocycles. The molecule has 0 aliphatic rings. The zero-order chi connectivity index (χ0) is 18.8. The Hall–Kier alpha value is -2.70. The Bertz CT molecular complexity index is 1030. The van der Waals surface area contributed by atoms with E-state index in [-0.39, 0.29) is 12.1 Å². The number of aromatic nitrogens is 2. The summed E-state index contributed by atoms with van der Waals surface area (Å²) in [5.74, 6) is -0.0498. The number of halogens is 1. The molecule has 3 aromatic rings. The van der Waals surface area contributed by atoms with Crippen molar-refractivity contribution in [2.45, 2.75) is 19.6 Å². The van der Waals surface area contributed by atoms with E-state index in [4.69, 9.17) is 11.6 Å². The number of ether oxygens (including phenoxy) is 1. The van der Waals surface area contributed by atoms with E-state index in [2.05, 4.69) is 9.72 Å². The fourth-order valence-corrected chi connectivity index (χ4v) is 2.88. The third-order valence-electron chi connectivity index (χ3n) is 4.18. The van der Waals surface area contributed by atoms with Gasteiger partial charge in [0.05, 0.1) is 36.2 Å². The Morgan fingerprint density at radius 2 is 1.96 bits per heavy atom. The highest BCUT2D eigenvalue weighted by Gasteiger charge is 2.15. The lowest BCUT2D eigenvalue weighted by molar-refractivity contribution is 0.0601. The Kier molecular flexibility index (Phi) is 5.06. The number of aryl methyl sites for hydroxylation is 1. The van der Waals surface area contributed by atoms with Crippen molar-refractivity contribution in [1.29, 1.82) is 0 Å². The van der Waals surface area contributed by atoms with Gasteiger partial charge in [-0.25, -0.2) is 9.78 Å². The molecule has 0 radical (unpaired) electrons. The molecule has 0 saturated heterocycles. The van der Waals surface area contributed by atoms with E-state index in [9.17, 15) is 14.7 Å². The zero-order valence-corrected chi connectivity index (χ0v) is 15.0. The largest absolute Gasteiger partial charge is 0.465 e. The number of aliphatic hydroxyl groups excluding tert-OH is 1. The highest BCUT2D eigenvalue weighted by Crippen LogP contribution is 2.19. The van der Waals surface area contributed by atoms with Crippen LogP contribution in [0.2, 0.25) is 5.02 Å². The maximum absolute atomic E-state index is 12.8. The molecule has 134 valence electrons. The Morgan fingerprint density at radius 3 is 2.62 bits per heavy atom. The van der Waals surface area contributed by atoms with Crippen LogP contribution in [0.15, 0.2) is 47.3 Å². The van der Waals surface area contributed by atoms with Gasteiger partial charge < -0.3 is 9.84 Å². The van der Waals surface area contributed by atoms with E-state index >= 15 is 0 Å². The number of methoxy groups -OCH3 is 1. The van der Waals surface area contributed by atoms with Crippen molar-refractivity contribution in [3.63, 3.8) is 0 Å². The number of hydrogen-bond donors (Lipinski definition) is 1. The highest BCUT2D eigenvalue weighted by molar-refractivity contribution is 6.30. The van der Waals surface area contributed by atoms with Gasteiger partial charge in [0.15, 0.2) is 0 Å². The highest BCUT2D eigenvalue weighted by atomic mass is 35.5. The second-order valence-electron chi connectivity index (χ2n) is 5.87. The summed E-state index contributed by atoms with van der Waals surface area (Å²) in [6.07, 6.45) is -0.878. The van der Waals surface area contributed by atoms with Gasteiger partial charge in [0, 0.05) is 5.02 Å². The first-order chi connectivity index (χ1) is 12.4. The number of aliphatic hydroxyl groups is 1. The molecule has 0 aliphatic heterocycles. The molecule has 1 atom stereocenters. The molecule has 0 spiro atoms. The second kappa shape index (κ2) is 7.27. The lowest BCUT2D eigenvalue weighted by Gasteiger charge is -2.16. The number of carbonyl (C=O) groups is 1. The lowest BCUT2D eigenvalue weighted by Crippen LogP contribution is -2.26. The van der Waals surface area contributed by atoms with Crippen LogP contribution in [0.4, 0.5) is 0 Å². The quantitative estimate of drug-likeness (QED) is 0.712. The number of esters is 1. The van der Waals surface area contributed by atoms with Crippen LogP contribution in [0, 0.1) is 6.92 Å². The third kappa shape index (κ3) is 3.47. The van der Waals surface area contributed by atoms with Gasteiger partial charge in [-0.15, -0.1) is 0 Å². The van der Waals surface area contributed by atoms with E-state index in [1.54, 1.807) is 37.3 Å². The van der Waals surface area contributed by atoms with Crippen LogP contribution in [0.25, 0.3) is 10.9 Å². The van der Waals surface area contributed by atoms with Crippen molar-refractivity contribution < 1.29 is 14.6 Å². The molecule has 0 bridgehead atoms. The van der Waals surface area contributed by atoms with E-state index in [0.717, 1.165) is 0 Å². The van der Waals surface area contributed by atoms with Gasteiger partial charge in [0.2, 0.25) is 0 Å². The van der Waals surface area contributed by atoms with Gasteiger partial charge in [-0.3, -0.25) is 9.36 Å². The van der Waals surface area contributed by atoms with Crippen LogP contribution in [0.5, 0.6) is 0 Å². The van der Waals surface area contributed by atoms with Crippen LogP contribution < -0.4 is 5.56 Å². The van der Waals surface area contributed by atoms with Gasteiger partial charge in [-0.2, -0.15) is 0 Å². The first-order valence-electron chi connectivity index (χ1n) is 7.93. The Balaban J connectivity index is 2.00. The first kappa shape index (κ1) is 18.1. The van der Waals surface area contributed by atoms with Crippen molar-refractivity contribution in [2.24, 2.45) is 0 Å². The minimum atomic E-state index is -0.878. The van der Waals surface area contributed by atoms with E-state index in [1.807, 2.05) is 0 Å². The van der Waals surface area contributed by atoms with Crippen molar-refractivity contribution in [2.75, 3.05) is 7.11 Å². The van der Waals surface area contributed by atoms with Crippen LogP contribution in [-0.2, 0) is 11.3 Å². The Morgan fingerprint density at radius 1 is 1.27 bits per heavy atom. The number of fused-ring (bicyclic) bond motifs is 1. The molecule has 2 aromatic carbocycles. The molecule has 0 amide bonds. The fourth-order valence-electron chi connectivity index (χ4n) is 2.76. The predicted molar refractivity (Wildman–Crippen MR) is 98.5 cm³/mol. The molecule has 1 aromatic heterocycles. The topological polar surface area (TPSA) is 81.4 Å². The standard InChI is InChI=1S/C19H17ClN2O4/c1-11-21-16-9-13(19(25)26-2)5-8-15(16)18(24)22(11)10-17(23)12-3-6-14(20)7-4-12/h3-9,17,23H,10H2,1-2H3/t17-/m1/s1. The van der Waals surface area contributed by atoms with Gasteiger partial charge in [-0.05, 0) is 42.8 Å². The monoisotopic (exact) mass is 372 g/mol. The smallest absolute Gasteiger partial charge is 0.337 e. The molecule has 0 unspecified atom stereocenters. The molecule has 1 heterocycles. The SMILES string of the molecule is COC(=O)c1ccc2c(=O)n(C[C@@H](O)c3ccc(Cl)cc3)c(C)nc2c1. The van der Waals surface area contributed by atoms with E-state index < -0.39 is 12.1 Å². The molecule has 3 rings (SSSR count). The summed E-state index contributed by atoms with van der Waals surface area (Å²) < 4.78 is 6.10. The minimum absolute atomic E-state index is 0.0635. The second-order valence-corrected chi connectivity index (χ2v) is 6.30. The molecular formula is C19H17ClN2O4. The number of rotatable bonds is 4. The molecule has 0 aliphatic carbocycles. The maximum Gasteiger partial charge on any atom is 0.337 e. The van der Waals surface area contributed by atoms with E-state index in [1.165, 1.54) is 23.8 Å². The average Bonchev–Trinajstić information content (AvgIpc) is 2.64. The van der Waals surface area contributed by atoms with Crippen LogP contribution in [-0.4, -0.2) is 27.7 Å². The number of hydrogen-bond acceptors (Lipinski definition) is 5. The number of carbonyl (C=O) groups excluding carboxylic acids is 1. The fraction of sp³-hybridized carbons (Fsp3) is 0.211. The van der Waals surface area contributed by atoms with Gasteiger partial charge in [0.25, 0.3) is 5.56 Å². The van der Waals surface area contributed by atoms with Crippen molar-refractivity contribution >= 4 is 28.5 Å². The van der Waals surface area contributed by atoms with Crippen LogP contribution in [0.3, 0.4) is 0 Å². The maximum atomic E-state index is 12.8. The lowest BCUT2D eigenvalue weighted by atomic mass is 10.1. The summed E-state index contributed by atoms with van der Waals surface area (Å²) in [4.78, 5) is 28.8. The number of benzene rings is 2. The summed E-state index contributed by atoms with van der Waals surface area (Å²) in [5.41, 5.74) is 1.11. The van der Waals surface area contributed by atoms with Gasteiger partial charge >= 0.3 is 5.97 Å². The van der Waals surface area contributed by atoms with Crippen LogP contribution >= 0.6 is 11.6 Å². The van der Waals surface area contributed by atoms with Gasteiger partial charge in [-0.1, -0.05) is 23.7 Å². The summed E-state index contributed by atoms with van der Waals surface area (Å²) in [6, 6.07) is 11.4. The molecule has 7 heteroatoms. The summed E-state index contributed by atoms with van der Waals surface area (Å²) in [5, 5.41) is 11.4. The third-order valence-corrected chi connectivity index (χ3v) is 4.43. The predicted octanol–water partition coefficient (Wildman–Crippen LogP) is 2.88. The average molecular weight is 373 g/mol. The zero-order valence-electron chi connectivity index (χ0n) is 14.3. The molecule has 26 heavy (non-hydrogen) atoms. The summed E-state index contributed by atoms with van der Waals surface area (Å²) in [6.45, 7) is 1.74. The van der Waals surface area contributed by atoms with Crippen LogP contribution in [0.1, 0.15) is 27.8 Å². The molecule has 0 fully saturated rings. The number of nitrogens with zero attached hydrogens (tertiary/aromatic N) is 2. The van der Waals surface area contributed by atoms with Crippen molar-refractivity contribution in [3.05, 3.63) is 74.8 Å². The van der Waals surface area contributed by atoms with Crippen molar-refractivity contribution in [3.8, 4) is 0 Å².